The zero-order chi connectivity index (χ0) is 10.7. The number of nitrogens with zero attached hydrogens (tertiary/aromatic N) is 2. The van der Waals surface area contributed by atoms with Crippen LogP contribution in [0.4, 0.5) is 0 Å². The number of rotatable bonds is 1. The molecule has 0 spiro atoms. The van der Waals surface area contributed by atoms with Crippen molar-refractivity contribution in [3.63, 3.8) is 0 Å². The number of hydrogen-bond acceptors (Lipinski definition) is 2. The highest BCUT2D eigenvalue weighted by Crippen LogP contribution is 2.04. The Hall–Kier alpha value is -2.34. The minimum Gasteiger partial charge on any atom is -0.283 e. The standard InChI is InChI=1S/C12H8N2O/c1-2-10-7-11(9-13-8-10)14-6-4-3-5-12(14)15/h1,3-9H. The molecule has 2 rings (SSSR count). The van der Waals surface area contributed by atoms with Crippen molar-refractivity contribution in [1.29, 1.82) is 0 Å². The minimum atomic E-state index is -0.103. The second kappa shape index (κ2) is 3.81. The van der Waals surface area contributed by atoms with Crippen LogP contribution in [0.3, 0.4) is 0 Å². The van der Waals surface area contributed by atoms with Gasteiger partial charge >= 0.3 is 0 Å². The van der Waals surface area contributed by atoms with E-state index in [-0.39, 0.29) is 5.56 Å². The van der Waals surface area contributed by atoms with Crippen molar-refractivity contribution in [1.82, 2.24) is 9.55 Å². The predicted octanol–water partition coefficient (Wildman–Crippen LogP) is 1.21. The fraction of sp³-hybridized carbons (Fsp3) is 0. The van der Waals surface area contributed by atoms with Crippen LogP contribution >= 0.6 is 0 Å². The van der Waals surface area contributed by atoms with E-state index in [1.54, 1.807) is 36.8 Å². The summed E-state index contributed by atoms with van der Waals surface area (Å²) in [6.45, 7) is 0. The fourth-order valence-corrected chi connectivity index (χ4v) is 1.28. The first-order valence-corrected chi connectivity index (χ1v) is 4.41. The molecule has 0 aliphatic heterocycles. The van der Waals surface area contributed by atoms with Crippen molar-refractivity contribution in [2.75, 3.05) is 0 Å². The van der Waals surface area contributed by atoms with Crippen molar-refractivity contribution in [3.05, 3.63) is 58.8 Å². The molecule has 0 unspecified atom stereocenters. The van der Waals surface area contributed by atoms with Crippen LogP contribution in [0.1, 0.15) is 5.56 Å². The maximum absolute atomic E-state index is 11.5. The predicted molar refractivity (Wildman–Crippen MR) is 57.8 cm³/mol. The molecule has 0 aliphatic rings. The molecule has 3 nitrogen and oxygen atoms in total. The summed E-state index contributed by atoms with van der Waals surface area (Å²) >= 11 is 0. The third-order valence-corrected chi connectivity index (χ3v) is 1.99. The Balaban J connectivity index is 2.61. The van der Waals surface area contributed by atoms with E-state index in [4.69, 9.17) is 6.42 Å². The molecule has 2 aromatic rings. The molecule has 0 fully saturated rings. The lowest BCUT2D eigenvalue weighted by atomic mass is 10.2. The summed E-state index contributed by atoms with van der Waals surface area (Å²) in [6.07, 6.45) is 10.1. The van der Waals surface area contributed by atoms with Gasteiger partial charge in [-0.25, -0.2) is 0 Å². The first-order valence-electron chi connectivity index (χ1n) is 4.41. The normalized spacial score (nSPS) is 9.53. The third kappa shape index (κ3) is 1.79. The van der Waals surface area contributed by atoms with Gasteiger partial charge in [-0.1, -0.05) is 12.0 Å². The van der Waals surface area contributed by atoms with E-state index in [0.717, 1.165) is 0 Å². The van der Waals surface area contributed by atoms with E-state index in [1.807, 2.05) is 0 Å². The highest BCUT2D eigenvalue weighted by Gasteiger charge is 1.98. The molecule has 0 N–H and O–H groups in total. The Morgan fingerprint density at radius 1 is 1.33 bits per heavy atom. The van der Waals surface area contributed by atoms with Crippen LogP contribution in [-0.4, -0.2) is 9.55 Å². The van der Waals surface area contributed by atoms with Crippen molar-refractivity contribution < 1.29 is 0 Å². The van der Waals surface area contributed by atoms with Crippen LogP contribution < -0.4 is 5.56 Å². The number of aromatic nitrogens is 2. The van der Waals surface area contributed by atoms with Gasteiger partial charge in [0.15, 0.2) is 0 Å². The highest BCUT2D eigenvalue weighted by atomic mass is 16.1. The average molecular weight is 196 g/mol. The van der Waals surface area contributed by atoms with Crippen molar-refractivity contribution >= 4 is 0 Å². The Labute approximate surface area is 87.0 Å². The van der Waals surface area contributed by atoms with E-state index in [9.17, 15) is 4.79 Å². The summed E-state index contributed by atoms with van der Waals surface area (Å²) in [4.78, 5) is 15.5. The Kier molecular flexibility index (Phi) is 2.34. The molecule has 15 heavy (non-hydrogen) atoms. The van der Waals surface area contributed by atoms with Gasteiger partial charge < -0.3 is 0 Å². The van der Waals surface area contributed by atoms with Crippen molar-refractivity contribution in [3.8, 4) is 18.0 Å². The molecule has 2 aromatic heterocycles. The summed E-state index contributed by atoms with van der Waals surface area (Å²) in [5.41, 5.74) is 1.23. The summed E-state index contributed by atoms with van der Waals surface area (Å²) in [5, 5.41) is 0. The van der Waals surface area contributed by atoms with Gasteiger partial charge in [-0.15, -0.1) is 6.42 Å². The largest absolute Gasteiger partial charge is 0.283 e. The monoisotopic (exact) mass is 196 g/mol. The molecule has 0 bridgehead atoms. The zero-order valence-corrected chi connectivity index (χ0v) is 7.92. The van der Waals surface area contributed by atoms with Crippen LogP contribution in [0.15, 0.2) is 47.7 Å². The van der Waals surface area contributed by atoms with Gasteiger partial charge in [-0.05, 0) is 12.1 Å². The SMILES string of the molecule is C#Cc1cncc(-n2ccccc2=O)c1. The van der Waals surface area contributed by atoms with Gasteiger partial charge in [-0.3, -0.25) is 14.3 Å². The third-order valence-electron chi connectivity index (χ3n) is 1.99. The molecule has 0 saturated heterocycles. The first kappa shape index (κ1) is 9.22. The topological polar surface area (TPSA) is 34.9 Å². The molecule has 0 aliphatic carbocycles. The smallest absolute Gasteiger partial charge is 0.255 e. The van der Waals surface area contributed by atoms with Crippen molar-refractivity contribution in [2.45, 2.75) is 0 Å². The van der Waals surface area contributed by atoms with Crippen LogP contribution in [-0.2, 0) is 0 Å². The first-order chi connectivity index (χ1) is 7.31. The molecule has 2 heterocycles. The van der Waals surface area contributed by atoms with E-state index >= 15 is 0 Å². The van der Waals surface area contributed by atoms with Crippen LogP contribution in [0.5, 0.6) is 0 Å². The second-order valence-corrected chi connectivity index (χ2v) is 2.99. The molecule has 0 aromatic carbocycles. The molecular weight excluding hydrogens is 188 g/mol. The van der Waals surface area contributed by atoms with Crippen LogP contribution in [0.25, 0.3) is 5.69 Å². The summed E-state index contributed by atoms with van der Waals surface area (Å²) < 4.78 is 1.49. The molecule has 3 heteroatoms. The quantitative estimate of drug-likeness (QED) is 0.642. The van der Waals surface area contributed by atoms with Crippen LogP contribution in [0.2, 0.25) is 0 Å². The Morgan fingerprint density at radius 2 is 2.20 bits per heavy atom. The maximum Gasteiger partial charge on any atom is 0.255 e. The Bertz CT molecular complexity index is 578. The van der Waals surface area contributed by atoms with E-state index in [1.165, 1.54) is 10.6 Å². The number of terminal acetylenes is 1. The molecular formula is C12H8N2O. The molecule has 0 saturated carbocycles. The van der Waals surface area contributed by atoms with Gasteiger partial charge in [0.1, 0.15) is 0 Å². The molecule has 0 atom stereocenters. The van der Waals surface area contributed by atoms with Gasteiger partial charge in [-0.2, -0.15) is 0 Å². The van der Waals surface area contributed by atoms with Crippen molar-refractivity contribution in [2.24, 2.45) is 0 Å². The van der Waals surface area contributed by atoms with E-state index < -0.39 is 0 Å². The average Bonchev–Trinajstić information content (AvgIpc) is 2.30. The fourth-order valence-electron chi connectivity index (χ4n) is 1.28. The summed E-state index contributed by atoms with van der Waals surface area (Å²) in [7, 11) is 0. The molecule has 72 valence electrons. The second-order valence-electron chi connectivity index (χ2n) is 2.99. The highest BCUT2D eigenvalue weighted by molar-refractivity contribution is 5.39. The van der Waals surface area contributed by atoms with Gasteiger partial charge in [0.25, 0.3) is 5.56 Å². The van der Waals surface area contributed by atoms with E-state index in [2.05, 4.69) is 10.9 Å². The Morgan fingerprint density at radius 3 is 2.93 bits per heavy atom. The minimum absolute atomic E-state index is 0.103. The molecule has 0 radical (unpaired) electrons. The summed E-state index contributed by atoms with van der Waals surface area (Å²) in [5.74, 6) is 2.48. The number of hydrogen-bond donors (Lipinski definition) is 0. The zero-order valence-electron chi connectivity index (χ0n) is 7.92. The number of pyridine rings is 2. The van der Waals surface area contributed by atoms with Gasteiger partial charge in [0, 0.05) is 24.0 Å². The maximum atomic E-state index is 11.5. The van der Waals surface area contributed by atoms with Crippen LogP contribution in [0, 0.1) is 12.3 Å². The lowest BCUT2D eigenvalue weighted by Crippen LogP contribution is -2.15. The lowest BCUT2D eigenvalue weighted by molar-refractivity contribution is 0.977. The molecule has 0 amide bonds. The summed E-state index contributed by atoms with van der Waals surface area (Å²) in [6, 6.07) is 6.71. The van der Waals surface area contributed by atoms with E-state index in [0.29, 0.717) is 11.3 Å². The lowest BCUT2D eigenvalue weighted by Gasteiger charge is -2.03. The van der Waals surface area contributed by atoms with Gasteiger partial charge in [0.05, 0.1) is 11.9 Å². The van der Waals surface area contributed by atoms with Gasteiger partial charge in [0.2, 0.25) is 0 Å².